The van der Waals surface area contributed by atoms with E-state index in [0.717, 1.165) is 11.3 Å². The average molecular weight is 325 g/mol. The van der Waals surface area contributed by atoms with Crippen molar-refractivity contribution < 1.29 is 4.79 Å². The summed E-state index contributed by atoms with van der Waals surface area (Å²) in [5.41, 5.74) is 2.32. The number of nitrogens with one attached hydrogen (secondary N) is 1. The zero-order valence-electron chi connectivity index (χ0n) is 13.7. The van der Waals surface area contributed by atoms with Crippen LogP contribution in [0.25, 0.3) is 16.7 Å². The van der Waals surface area contributed by atoms with Gasteiger partial charge in [-0.15, -0.1) is 0 Å². The van der Waals surface area contributed by atoms with Gasteiger partial charge in [-0.2, -0.15) is 5.10 Å². The van der Waals surface area contributed by atoms with Crippen molar-refractivity contribution in [2.24, 2.45) is 0 Å². The molecule has 2 heterocycles. The van der Waals surface area contributed by atoms with Gasteiger partial charge < -0.3 is 5.32 Å². The van der Waals surface area contributed by atoms with Gasteiger partial charge >= 0.3 is 0 Å². The monoisotopic (exact) mass is 325 g/mol. The van der Waals surface area contributed by atoms with Crippen LogP contribution in [0.4, 0.5) is 0 Å². The lowest BCUT2D eigenvalue weighted by atomic mass is 10.2. The molecule has 0 aliphatic carbocycles. The number of amides is 1. The van der Waals surface area contributed by atoms with Crippen LogP contribution < -0.4 is 10.9 Å². The summed E-state index contributed by atoms with van der Waals surface area (Å²) >= 11 is 0. The van der Waals surface area contributed by atoms with Crippen LogP contribution >= 0.6 is 0 Å². The molecule has 3 aromatic rings. The van der Waals surface area contributed by atoms with Crippen molar-refractivity contribution in [3.05, 3.63) is 52.7 Å². The molecular formula is C17H19N5O2. The maximum absolute atomic E-state index is 12.5. The van der Waals surface area contributed by atoms with E-state index in [9.17, 15) is 9.59 Å². The molecule has 0 fully saturated rings. The summed E-state index contributed by atoms with van der Waals surface area (Å²) in [5, 5.41) is 7.43. The molecule has 0 radical (unpaired) electrons. The van der Waals surface area contributed by atoms with E-state index in [1.165, 1.54) is 17.1 Å². The molecule has 124 valence electrons. The number of rotatable bonds is 5. The minimum absolute atomic E-state index is 0.0835. The van der Waals surface area contributed by atoms with Gasteiger partial charge in [0.2, 0.25) is 5.91 Å². The molecule has 7 heteroatoms. The fourth-order valence-corrected chi connectivity index (χ4v) is 2.49. The van der Waals surface area contributed by atoms with Crippen LogP contribution in [-0.4, -0.2) is 31.8 Å². The highest BCUT2D eigenvalue weighted by molar-refractivity contribution is 5.76. The van der Waals surface area contributed by atoms with Crippen molar-refractivity contribution in [2.45, 2.75) is 26.8 Å². The number of nitrogens with zero attached hydrogens (tertiary/aromatic N) is 4. The van der Waals surface area contributed by atoms with E-state index >= 15 is 0 Å². The Labute approximate surface area is 138 Å². The molecule has 2 aromatic heterocycles. The van der Waals surface area contributed by atoms with Crippen molar-refractivity contribution in [3.63, 3.8) is 0 Å². The Bertz CT molecular complexity index is 924. The van der Waals surface area contributed by atoms with Gasteiger partial charge in [0.15, 0.2) is 5.65 Å². The third kappa shape index (κ3) is 3.05. The van der Waals surface area contributed by atoms with Gasteiger partial charge in [-0.1, -0.05) is 17.7 Å². The molecule has 0 atom stereocenters. The second kappa shape index (κ2) is 6.66. The first-order valence-corrected chi connectivity index (χ1v) is 7.87. The van der Waals surface area contributed by atoms with Gasteiger partial charge in [-0.3, -0.25) is 14.2 Å². The van der Waals surface area contributed by atoms with Crippen LogP contribution in [0.15, 0.2) is 41.6 Å². The molecule has 1 N–H and O–H groups in total. The third-order valence-electron chi connectivity index (χ3n) is 3.79. The Hall–Kier alpha value is -2.96. The standard InChI is InChI=1S/C17H19N5O2/c1-3-18-15(23)8-9-21-11-19-16-14(17(21)24)10-20-22(16)13-6-4-12(2)5-7-13/h4-7,10-11H,3,8-9H2,1-2H3,(H,18,23). The highest BCUT2D eigenvalue weighted by Crippen LogP contribution is 2.14. The molecule has 1 amide bonds. The summed E-state index contributed by atoms with van der Waals surface area (Å²) < 4.78 is 3.09. The number of benzene rings is 1. The molecule has 24 heavy (non-hydrogen) atoms. The van der Waals surface area contributed by atoms with E-state index in [4.69, 9.17) is 0 Å². The molecule has 0 bridgehead atoms. The van der Waals surface area contributed by atoms with Crippen LogP contribution in [0.2, 0.25) is 0 Å². The number of aryl methyl sites for hydroxylation is 2. The lowest BCUT2D eigenvalue weighted by molar-refractivity contribution is -0.121. The summed E-state index contributed by atoms with van der Waals surface area (Å²) in [7, 11) is 0. The first-order valence-electron chi connectivity index (χ1n) is 7.87. The topological polar surface area (TPSA) is 81.8 Å². The minimum atomic E-state index is -0.192. The van der Waals surface area contributed by atoms with Gasteiger partial charge in [-0.25, -0.2) is 9.67 Å². The van der Waals surface area contributed by atoms with Crippen molar-refractivity contribution in [1.82, 2.24) is 24.6 Å². The maximum Gasteiger partial charge on any atom is 0.264 e. The maximum atomic E-state index is 12.5. The molecular weight excluding hydrogens is 306 g/mol. The normalized spacial score (nSPS) is 10.9. The number of carbonyl (C=O) groups is 1. The number of fused-ring (bicyclic) bond motifs is 1. The van der Waals surface area contributed by atoms with E-state index in [1.54, 1.807) is 4.68 Å². The number of hydrogen-bond donors (Lipinski definition) is 1. The summed E-state index contributed by atoms with van der Waals surface area (Å²) in [6.45, 7) is 4.74. The fourth-order valence-electron chi connectivity index (χ4n) is 2.49. The largest absolute Gasteiger partial charge is 0.356 e. The Morgan fingerprint density at radius 1 is 1.25 bits per heavy atom. The summed E-state index contributed by atoms with van der Waals surface area (Å²) in [4.78, 5) is 28.4. The molecule has 0 unspecified atom stereocenters. The van der Waals surface area contributed by atoms with E-state index in [1.807, 2.05) is 38.1 Å². The van der Waals surface area contributed by atoms with Crippen LogP contribution in [0.1, 0.15) is 18.9 Å². The van der Waals surface area contributed by atoms with E-state index in [0.29, 0.717) is 24.1 Å². The van der Waals surface area contributed by atoms with Gasteiger partial charge in [0.1, 0.15) is 5.39 Å². The Morgan fingerprint density at radius 2 is 2.00 bits per heavy atom. The summed E-state index contributed by atoms with van der Waals surface area (Å²) in [6, 6.07) is 7.83. The van der Waals surface area contributed by atoms with E-state index in [2.05, 4.69) is 15.4 Å². The molecule has 0 spiro atoms. The lowest BCUT2D eigenvalue weighted by Gasteiger charge is -2.06. The SMILES string of the molecule is CCNC(=O)CCn1cnc2c(cnn2-c2ccc(C)cc2)c1=O. The third-order valence-corrected chi connectivity index (χ3v) is 3.79. The highest BCUT2D eigenvalue weighted by atomic mass is 16.1. The Kier molecular flexibility index (Phi) is 4.41. The predicted molar refractivity (Wildman–Crippen MR) is 91.2 cm³/mol. The van der Waals surface area contributed by atoms with Crippen molar-refractivity contribution in [1.29, 1.82) is 0 Å². The van der Waals surface area contributed by atoms with E-state index < -0.39 is 0 Å². The molecule has 0 saturated heterocycles. The van der Waals surface area contributed by atoms with Crippen molar-refractivity contribution >= 4 is 16.9 Å². The smallest absolute Gasteiger partial charge is 0.264 e. The Balaban J connectivity index is 1.92. The number of carbonyl (C=O) groups excluding carboxylic acids is 1. The molecule has 0 aliphatic rings. The molecule has 0 aliphatic heterocycles. The first kappa shape index (κ1) is 15.9. The fraction of sp³-hybridized carbons (Fsp3) is 0.294. The quantitative estimate of drug-likeness (QED) is 0.769. The van der Waals surface area contributed by atoms with Crippen molar-refractivity contribution in [2.75, 3.05) is 6.54 Å². The second-order valence-corrected chi connectivity index (χ2v) is 5.58. The lowest BCUT2D eigenvalue weighted by Crippen LogP contribution is -2.27. The second-order valence-electron chi connectivity index (χ2n) is 5.58. The summed E-state index contributed by atoms with van der Waals surface area (Å²) in [5.74, 6) is -0.0835. The Morgan fingerprint density at radius 3 is 2.71 bits per heavy atom. The minimum Gasteiger partial charge on any atom is -0.356 e. The van der Waals surface area contributed by atoms with Gasteiger partial charge in [0.05, 0.1) is 18.2 Å². The van der Waals surface area contributed by atoms with Crippen LogP contribution in [0, 0.1) is 6.92 Å². The zero-order chi connectivity index (χ0) is 17.1. The van der Waals surface area contributed by atoms with Gasteiger partial charge in [0, 0.05) is 19.5 Å². The molecule has 7 nitrogen and oxygen atoms in total. The van der Waals surface area contributed by atoms with E-state index in [-0.39, 0.29) is 17.9 Å². The zero-order valence-corrected chi connectivity index (χ0v) is 13.7. The number of hydrogen-bond acceptors (Lipinski definition) is 4. The predicted octanol–water partition coefficient (Wildman–Crippen LogP) is 1.42. The first-order chi connectivity index (χ1) is 11.6. The molecule has 1 aromatic carbocycles. The molecule has 3 rings (SSSR count). The van der Waals surface area contributed by atoms with Crippen LogP contribution in [-0.2, 0) is 11.3 Å². The average Bonchev–Trinajstić information content (AvgIpc) is 3.00. The van der Waals surface area contributed by atoms with Crippen molar-refractivity contribution in [3.8, 4) is 5.69 Å². The molecule has 0 saturated carbocycles. The van der Waals surface area contributed by atoms with Crippen LogP contribution in [0.5, 0.6) is 0 Å². The number of aromatic nitrogens is 4. The van der Waals surface area contributed by atoms with Crippen LogP contribution in [0.3, 0.4) is 0 Å². The van der Waals surface area contributed by atoms with Gasteiger partial charge in [-0.05, 0) is 26.0 Å². The summed E-state index contributed by atoms with van der Waals surface area (Å²) in [6.07, 6.45) is 3.23. The highest BCUT2D eigenvalue weighted by Gasteiger charge is 2.12. The van der Waals surface area contributed by atoms with Gasteiger partial charge in [0.25, 0.3) is 5.56 Å².